The van der Waals surface area contributed by atoms with Gasteiger partial charge in [-0.15, -0.1) is 0 Å². The molecule has 3 rings (SSSR count). The topological polar surface area (TPSA) is 62.5 Å². The number of nitriles is 1. The third-order valence-corrected chi connectivity index (χ3v) is 4.16. The zero-order valence-corrected chi connectivity index (χ0v) is 12.3. The van der Waals surface area contributed by atoms with Crippen molar-refractivity contribution in [2.24, 2.45) is 0 Å². The van der Waals surface area contributed by atoms with Crippen LogP contribution in [0.25, 0.3) is 0 Å². The highest BCUT2D eigenvalue weighted by Gasteiger charge is 2.17. The Labute approximate surface area is 122 Å². The van der Waals surface area contributed by atoms with Crippen LogP contribution in [-0.2, 0) is 12.8 Å². The summed E-state index contributed by atoms with van der Waals surface area (Å²) in [6, 6.07) is 6.14. The number of rotatable bonds is 2. The minimum absolute atomic E-state index is 0.624. The van der Waals surface area contributed by atoms with Crippen molar-refractivity contribution in [2.45, 2.75) is 43.3 Å². The quantitative estimate of drug-likeness (QED) is 0.792. The fraction of sp³-hybridized carbons (Fsp3) is 0.333. The predicted octanol–water partition coefficient (Wildman–Crippen LogP) is 3.00. The average Bonchev–Trinajstić information content (AvgIpc) is 2.83. The molecule has 2 heterocycles. The zero-order chi connectivity index (χ0) is 14.1. The zero-order valence-electron chi connectivity index (χ0n) is 11.5. The van der Waals surface area contributed by atoms with Crippen molar-refractivity contribution in [1.29, 1.82) is 5.26 Å². The lowest BCUT2D eigenvalue weighted by atomic mass is 10.2. The molecule has 0 N–H and O–H groups in total. The van der Waals surface area contributed by atoms with E-state index in [2.05, 4.69) is 21.0 Å². The van der Waals surface area contributed by atoms with Gasteiger partial charge in [-0.05, 0) is 62.6 Å². The summed E-state index contributed by atoms with van der Waals surface area (Å²) in [7, 11) is 0. The maximum atomic E-state index is 9.29. The Bertz CT molecular complexity index is 698. The molecule has 0 amide bonds. The number of aryl methyl sites for hydroxylation is 4. The maximum Gasteiger partial charge on any atom is 0.194 e. The van der Waals surface area contributed by atoms with E-state index >= 15 is 0 Å². The molecule has 0 unspecified atom stereocenters. The summed E-state index contributed by atoms with van der Waals surface area (Å²) >= 11 is 1.38. The molecule has 2 aromatic rings. The number of nitrogens with zero attached hydrogens (tertiary/aromatic N) is 4. The fourth-order valence-corrected chi connectivity index (χ4v) is 3.36. The lowest BCUT2D eigenvalue weighted by Gasteiger charge is -2.06. The maximum absolute atomic E-state index is 9.29. The second-order valence-corrected chi connectivity index (χ2v) is 5.90. The number of hydrogen-bond acceptors (Lipinski definition) is 5. The third kappa shape index (κ3) is 2.52. The van der Waals surface area contributed by atoms with Crippen molar-refractivity contribution in [3.63, 3.8) is 0 Å². The first-order valence-electron chi connectivity index (χ1n) is 6.59. The molecule has 0 bridgehead atoms. The molecule has 0 radical (unpaired) electrons. The lowest BCUT2D eigenvalue weighted by Crippen LogP contribution is -1.97. The van der Waals surface area contributed by atoms with Crippen molar-refractivity contribution in [3.8, 4) is 6.07 Å². The van der Waals surface area contributed by atoms with Gasteiger partial charge in [-0.1, -0.05) is 0 Å². The molecule has 5 heteroatoms. The largest absolute Gasteiger partial charge is 0.244 e. The van der Waals surface area contributed by atoms with Crippen LogP contribution in [0.1, 0.15) is 34.6 Å². The molecule has 1 aliphatic carbocycles. The summed E-state index contributed by atoms with van der Waals surface area (Å²) in [6.45, 7) is 3.89. The van der Waals surface area contributed by atoms with Gasteiger partial charge in [-0.3, -0.25) is 0 Å². The van der Waals surface area contributed by atoms with Crippen LogP contribution in [0.15, 0.2) is 22.3 Å². The van der Waals surface area contributed by atoms with Crippen LogP contribution >= 0.6 is 11.8 Å². The second kappa shape index (κ2) is 5.22. The molecule has 0 atom stereocenters. The number of pyridine rings is 1. The van der Waals surface area contributed by atoms with Crippen LogP contribution in [0.4, 0.5) is 0 Å². The molecule has 20 heavy (non-hydrogen) atoms. The van der Waals surface area contributed by atoms with Gasteiger partial charge in [0.1, 0.15) is 11.1 Å². The first kappa shape index (κ1) is 13.1. The van der Waals surface area contributed by atoms with Gasteiger partial charge in [-0.25, -0.2) is 15.0 Å². The van der Waals surface area contributed by atoms with E-state index < -0.39 is 0 Å². The van der Waals surface area contributed by atoms with E-state index in [0.29, 0.717) is 10.7 Å². The highest BCUT2D eigenvalue weighted by Crippen LogP contribution is 2.30. The number of hydrogen-bond donors (Lipinski definition) is 0. The van der Waals surface area contributed by atoms with Crippen LogP contribution < -0.4 is 0 Å². The summed E-state index contributed by atoms with van der Waals surface area (Å²) in [5.74, 6) is 0. The summed E-state index contributed by atoms with van der Waals surface area (Å²) in [5, 5.41) is 10.7. The lowest BCUT2D eigenvalue weighted by molar-refractivity contribution is 0.883. The Balaban J connectivity index is 2.00. The van der Waals surface area contributed by atoms with Gasteiger partial charge in [-0.2, -0.15) is 5.26 Å². The van der Waals surface area contributed by atoms with Gasteiger partial charge in [0.25, 0.3) is 0 Å². The van der Waals surface area contributed by atoms with E-state index in [1.807, 2.05) is 26.0 Å². The monoisotopic (exact) mass is 282 g/mol. The second-order valence-electron chi connectivity index (χ2n) is 4.95. The smallest absolute Gasteiger partial charge is 0.194 e. The molecule has 0 spiro atoms. The Morgan fingerprint density at radius 2 is 1.85 bits per heavy atom. The van der Waals surface area contributed by atoms with Crippen molar-refractivity contribution >= 4 is 11.8 Å². The molecule has 0 saturated heterocycles. The van der Waals surface area contributed by atoms with E-state index in [9.17, 15) is 5.26 Å². The van der Waals surface area contributed by atoms with Gasteiger partial charge in [0.2, 0.25) is 0 Å². The summed E-state index contributed by atoms with van der Waals surface area (Å²) < 4.78 is 0. The summed E-state index contributed by atoms with van der Waals surface area (Å²) in [5.41, 5.74) is 4.82. The highest BCUT2D eigenvalue weighted by molar-refractivity contribution is 7.99. The molecule has 2 aromatic heterocycles. The predicted molar refractivity (Wildman–Crippen MR) is 76.6 cm³/mol. The van der Waals surface area contributed by atoms with Crippen LogP contribution in [0.2, 0.25) is 0 Å². The fourth-order valence-electron chi connectivity index (χ4n) is 2.44. The van der Waals surface area contributed by atoms with Gasteiger partial charge >= 0.3 is 0 Å². The van der Waals surface area contributed by atoms with E-state index in [4.69, 9.17) is 0 Å². The van der Waals surface area contributed by atoms with Gasteiger partial charge in [0.05, 0.1) is 5.56 Å². The summed E-state index contributed by atoms with van der Waals surface area (Å²) in [4.78, 5) is 13.4. The Hall–Kier alpha value is -1.93. The van der Waals surface area contributed by atoms with E-state index in [1.54, 1.807) is 0 Å². The van der Waals surface area contributed by atoms with E-state index in [1.165, 1.54) is 17.3 Å². The minimum Gasteiger partial charge on any atom is -0.244 e. The molecule has 0 saturated carbocycles. The summed E-state index contributed by atoms with van der Waals surface area (Å²) in [6.07, 6.45) is 3.16. The molecule has 0 aromatic carbocycles. The van der Waals surface area contributed by atoms with Crippen LogP contribution in [0, 0.1) is 25.2 Å². The Morgan fingerprint density at radius 1 is 1.10 bits per heavy atom. The molecular weight excluding hydrogens is 268 g/mol. The first-order valence-corrected chi connectivity index (χ1v) is 7.40. The van der Waals surface area contributed by atoms with Gasteiger partial charge in [0, 0.05) is 17.1 Å². The molecule has 0 aliphatic heterocycles. The average molecular weight is 282 g/mol. The van der Waals surface area contributed by atoms with Crippen LogP contribution in [-0.4, -0.2) is 15.0 Å². The van der Waals surface area contributed by atoms with Crippen LogP contribution in [0.3, 0.4) is 0 Å². The van der Waals surface area contributed by atoms with Crippen molar-refractivity contribution in [2.75, 3.05) is 0 Å². The molecule has 0 fully saturated rings. The van der Waals surface area contributed by atoms with Crippen molar-refractivity contribution in [1.82, 2.24) is 15.0 Å². The number of fused-ring (bicyclic) bond motifs is 1. The standard InChI is InChI=1S/C15H14N4S/c1-9-6-10(2)18-15(17-9)20-14-12(8-16)7-11-4-3-5-13(11)19-14/h6-7H,3-5H2,1-2H3. The Kier molecular flexibility index (Phi) is 3.41. The Morgan fingerprint density at radius 3 is 2.55 bits per heavy atom. The van der Waals surface area contributed by atoms with E-state index in [0.717, 1.165) is 41.4 Å². The highest BCUT2D eigenvalue weighted by atomic mass is 32.2. The normalized spacial score (nSPS) is 13.1. The van der Waals surface area contributed by atoms with Gasteiger partial charge in [0.15, 0.2) is 5.16 Å². The van der Waals surface area contributed by atoms with Crippen molar-refractivity contribution in [3.05, 3.63) is 40.3 Å². The number of aromatic nitrogens is 3. The molecule has 1 aliphatic rings. The van der Waals surface area contributed by atoms with Gasteiger partial charge < -0.3 is 0 Å². The SMILES string of the molecule is Cc1cc(C)nc(Sc2nc3c(cc2C#N)CCC3)n1. The molecule has 100 valence electrons. The molecule has 4 nitrogen and oxygen atoms in total. The minimum atomic E-state index is 0.624. The molecular formula is C15H14N4S. The first-order chi connectivity index (χ1) is 9.65. The van der Waals surface area contributed by atoms with E-state index in [-0.39, 0.29) is 0 Å². The van der Waals surface area contributed by atoms with Crippen LogP contribution in [0.5, 0.6) is 0 Å². The third-order valence-electron chi connectivity index (χ3n) is 3.29. The van der Waals surface area contributed by atoms with Crippen molar-refractivity contribution < 1.29 is 0 Å².